The third-order valence-electron chi connectivity index (χ3n) is 4.59. The molecule has 1 heterocycles. The van der Waals surface area contributed by atoms with Crippen molar-refractivity contribution in [1.82, 2.24) is 14.9 Å². The first-order valence-corrected chi connectivity index (χ1v) is 8.65. The van der Waals surface area contributed by atoms with Crippen LogP contribution in [0.2, 0.25) is 0 Å². The molecule has 1 atom stereocenters. The van der Waals surface area contributed by atoms with Gasteiger partial charge in [0.25, 0.3) is 0 Å². The molecule has 1 aromatic heterocycles. The topological polar surface area (TPSA) is 70.2 Å². The van der Waals surface area contributed by atoms with Crippen molar-refractivity contribution in [2.45, 2.75) is 25.2 Å². The van der Waals surface area contributed by atoms with Gasteiger partial charge in [0, 0.05) is 37.8 Å². The Hall–Kier alpha value is -2.47. The smallest absolute Gasteiger partial charge is 0.229 e. The Kier molecular flexibility index (Phi) is 5.28. The number of carbonyl (C=O) groups excluding carboxylic acids is 1. The number of aryl methyl sites for hydroxylation is 1. The second kappa shape index (κ2) is 7.61. The van der Waals surface area contributed by atoms with Gasteiger partial charge in [0.05, 0.1) is 0 Å². The van der Waals surface area contributed by atoms with E-state index >= 15 is 0 Å². The highest BCUT2D eigenvalue weighted by Crippen LogP contribution is 2.36. The van der Waals surface area contributed by atoms with Crippen molar-refractivity contribution >= 4 is 23.2 Å². The van der Waals surface area contributed by atoms with Crippen LogP contribution in [0.4, 0.5) is 17.5 Å². The lowest BCUT2D eigenvalue weighted by Gasteiger charge is -2.14. The Morgan fingerprint density at radius 3 is 2.92 bits per heavy atom. The predicted octanol–water partition coefficient (Wildman–Crippen LogP) is 2.81. The van der Waals surface area contributed by atoms with Crippen LogP contribution in [-0.4, -0.2) is 48.3 Å². The summed E-state index contributed by atoms with van der Waals surface area (Å²) in [6.07, 6.45) is 4.20. The maximum absolute atomic E-state index is 12.6. The number of hydrogen-bond donors (Lipinski definition) is 2. The molecule has 2 N–H and O–H groups in total. The van der Waals surface area contributed by atoms with E-state index in [1.54, 1.807) is 6.20 Å². The molecule has 0 fully saturated rings. The molecule has 1 unspecified atom stereocenters. The molecule has 25 heavy (non-hydrogen) atoms. The van der Waals surface area contributed by atoms with E-state index in [1.165, 1.54) is 5.56 Å². The van der Waals surface area contributed by atoms with E-state index in [9.17, 15) is 4.79 Å². The summed E-state index contributed by atoms with van der Waals surface area (Å²) in [6.45, 7) is 0.799. The largest absolute Gasteiger partial charge is 0.373 e. The molecule has 0 radical (unpaired) electrons. The van der Waals surface area contributed by atoms with E-state index in [2.05, 4.69) is 37.6 Å². The lowest BCUT2D eigenvalue weighted by molar-refractivity contribution is -0.120. The average Bonchev–Trinajstić information content (AvgIpc) is 3.03. The van der Waals surface area contributed by atoms with E-state index in [4.69, 9.17) is 0 Å². The molecule has 1 aliphatic carbocycles. The van der Waals surface area contributed by atoms with Gasteiger partial charge < -0.3 is 15.5 Å². The highest BCUT2D eigenvalue weighted by atomic mass is 16.1. The van der Waals surface area contributed by atoms with E-state index in [-0.39, 0.29) is 5.92 Å². The van der Waals surface area contributed by atoms with Crippen molar-refractivity contribution in [2.75, 3.05) is 38.3 Å². The molecule has 3 rings (SSSR count). The summed E-state index contributed by atoms with van der Waals surface area (Å²) in [5.41, 5.74) is 3.34. The SMILES string of the molecule is CNc1ccnc(Nc2ccc3c(c2)C(C(=O)CCN(C)C)CC3)n1. The number of benzene rings is 1. The van der Waals surface area contributed by atoms with Crippen LogP contribution in [0.1, 0.15) is 29.9 Å². The van der Waals surface area contributed by atoms with E-state index < -0.39 is 0 Å². The quantitative estimate of drug-likeness (QED) is 0.808. The number of ketones is 1. The number of Topliss-reactive ketones (excluding diaryl/α,β-unsaturated/α-hetero) is 1. The molecule has 0 saturated heterocycles. The molecule has 1 aromatic carbocycles. The monoisotopic (exact) mass is 339 g/mol. The molecule has 0 bridgehead atoms. The fraction of sp³-hybridized carbons (Fsp3) is 0.421. The molecule has 132 valence electrons. The van der Waals surface area contributed by atoms with Crippen LogP contribution in [0.5, 0.6) is 0 Å². The number of fused-ring (bicyclic) bond motifs is 1. The molecule has 0 spiro atoms. The van der Waals surface area contributed by atoms with Crippen molar-refractivity contribution in [3.8, 4) is 0 Å². The standard InChI is InChI=1S/C19H25N5O/c1-20-18-8-10-21-19(23-18)22-14-6-4-13-5-7-15(16(13)12-14)17(25)9-11-24(2)3/h4,6,8,10,12,15H,5,7,9,11H2,1-3H3,(H2,20,21,22,23). The molecule has 0 saturated carbocycles. The zero-order chi connectivity index (χ0) is 17.8. The predicted molar refractivity (Wildman–Crippen MR) is 101 cm³/mol. The molecule has 2 aromatic rings. The summed E-state index contributed by atoms with van der Waals surface area (Å²) < 4.78 is 0. The average molecular weight is 339 g/mol. The molecule has 0 aliphatic heterocycles. The Morgan fingerprint density at radius 2 is 2.16 bits per heavy atom. The van der Waals surface area contributed by atoms with Gasteiger partial charge in [-0.1, -0.05) is 6.07 Å². The van der Waals surface area contributed by atoms with Crippen LogP contribution in [-0.2, 0) is 11.2 Å². The Morgan fingerprint density at radius 1 is 1.32 bits per heavy atom. The number of nitrogens with zero attached hydrogens (tertiary/aromatic N) is 3. The minimum Gasteiger partial charge on any atom is -0.373 e. The lowest BCUT2D eigenvalue weighted by atomic mass is 9.94. The van der Waals surface area contributed by atoms with Gasteiger partial charge in [-0.3, -0.25) is 4.79 Å². The number of hydrogen-bond acceptors (Lipinski definition) is 6. The van der Waals surface area contributed by atoms with Crippen LogP contribution < -0.4 is 10.6 Å². The zero-order valence-electron chi connectivity index (χ0n) is 15.0. The van der Waals surface area contributed by atoms with Gasteiger partial charge in [0.1, 0.15) is 11.6 Å². The number of rotatable bonds is 7. The van der Waals surface area contributed by atoms with Crippen LogP contribution in [0.25, 0.3) is 0 Å². The maximum Gasteiger partial charge on any atom is 0.229 e. The summed E-state index contributed by atoms with van der Waals surface area (Å²) in [7, 11) is 5.82. The van der Waals surface area contributed by atoms with Gasteiger partial charge in [-0.25, -0.2) is 4.98 Å². The second-order valence-corrected chi connectivity index (χ2v) is 6.66. The fourth-order valence-electron chi connectivity index (χ4n) is 3.21. The second-order valence-electron chi connectivity index (χ2n) is 6.66. The summed E-state index contributed by atoms with van der Waals surface area (Å²) in [5.74, 6) is 1.65. The van der Waals surface area contributed by atoms with Gasteiger partial charge in [0.2, 0.25) is 5.95 Å². The van der Waals surface area contributed by atoms with Gasteiger partial charge in [0.15, 0.2) is 0 Å². The van der Waals surface area contributed by atoms with Crippen molar-refractivity contribution in [3.63, 3.8) is 0 Å². The third-order valence-corrected chi connectivity index (χ3v) is 4.59. The molecular weight excluding hydrogens is 314 g/mol. The van der Waals surface area contributed by atoms with Gasteiger partial charge in [-0.15, -0.1) is 0 Å². The van der Waals surface area contributed by atoms with Crippen molar-refractivity contribution in [1.29, 1.82) is 0 Å². The first kappa shape index (κ1) is 17.4. The van der Waals surface area contributed by atoms with E-state index in [0.29, 0.717) is 18.2 Å². The lowest BCUT2D eigenvalue weighted by Crippen LogP contribution is -2.19. The highest BCUT2D eigenvalue weighted by molar-refractivity contribution is 5.87. The molecule has 6 heteroatoms. The first-order chi connectivity index (χ1) is 12.1. The van der Waals surface area contributed by atoms with Crippen LogP contribution in [0, 0.1) is 0 Å². The molecule has 6 nitrogen and oxygen atoms in total. The van der Waals surface area contributed by atoms with E-state index in [0.717, 1.165) is 36.5 Å². The normalized spacial score (nSPS) is 15.9. The molecular formula is C19H25N5O. The van der Waals surface area contributed by atoms with Crippen LogP contribution >= 0.6 is 0 Å². The van der Waals surface area contributed by atoms with Gasteiger partial charge in [-0.05, 0) is 56.3 Å². The minimum absolute atomic E-state index is 0.0151. The maximum atomic E-state index is 12.6. The minimum atomic E-state index is 0.0151. The Balaban J connectivity index is 1.76. The number of carbonyl (C=O) groups is 1. The van der Waals surface area contributed by atoms with Gasteiger partial charge in [-0.2, -0.15) is 4.98 Å². The van der Waals surface area contributed by atoms with E-state index in [1.807, 2.05) is 33.3 Å². The summed E-state index contributed by atoms with van der Waals surface area (Å²) in [6, 6.07) is 8.03. The summed E-state index contributed by atoms with van der Waals surface area (Å²) in [4.78, 5) is 23.3. The number of anilines is 3. The van der Waals surface area contributed by atoms with Crippen LogP contribution in [0.3, 0.4) is 0 Å². The number of nitrogens with one attached hydrogen (secondary N) is 2. The van der Waals surface area contributed by atoms with Crippen molar-refractivity contribution < 1.29 is 4.79 Å². The summed E-state index contributed by atoms with van der Waals surface area (Å²) >= 11 is 0. The van der Waals surface area contributed by atoms with Crippen LogP contribution in [0.15, 0.2) is 30.5 Å². The fourth-order valence-corrected chi connectivity index (χ4v) is 3.21. The van der Waals surface area contributed by atoms with Crippen molar-refractivity contribution in [2.24, 2.45) is 0 Å². The third kappa shape index (κ3) is 4.14. The van der Waals surface area contributed by atoms with Gasteiger partial charge >= 0.3 is 0 Å². The first-order valence-electron chi connectivity index (χ1n) is 8.65. The Labute approximate surface area is 148 Å². The number of aromatic nitrogens is 2. The molecule has 0 amide bonds. The highest BCUT2D eigenvalue weighted by Gasteiger charge is 2.28. The van der Waals surface area contributed by atoms with Crippen molar-refractivity contribution in [3.05, 3.63) is 41.6 Å². The Bertz CT molecular complexity index is 759. The molecule has 1 aliphatic rings. The summed E-state index contributed by atoms with van der Waals surface area (Å²) in [5, 5.41) is 6.24. The zero-order valence-corrected chi connectivity index (χ0v) is 15.0.